The van der Waals surface area contributed by atoms with Crippen molar-refractivity contribution in [2.75, 3.05) is 0 Å². The fourth-order valence-electron chi connectivity index (χ4n) is 2.04. The summed E-state index contributed by atoms with van der Waals surface area (Å²) < 4.78 is 7.79. The Morgan fingerprint density at radius 3 is 2.58 bits per heavy atom. The van der Waals surface area contributed by atoms with Gasteiger partial charge in [0.15, 0.2) is 5.78 Å². The molecule has 1 aromatic carbocycles. The van der Waals surface area contributed by atoms with Gasteiger partial charge in [0.2, 0.25) is 0 Å². The lowest BCUT2D eigenvalue weighted by atomic mass is 10.1. The van der Waals surface area contributed by atoms with Crippen LogP contribution < -0.4 is 4.74 Å². The SMILES string of the molecule is CC(C)Oc1cccc2c1ccn2CC(=O)C(C)C. The first kappa shape index (κ1) is 13.7. The highest BCUT2D eigenvalue weighted by molar-refractivity contribution is 5.88. The third-order valence-corrected chi connectivity index (χ3v) is 3.11. The van der Waals surface area contributed by atoms with E-state index in [2.05, 4.69) is 0 Å². The Morgan fingerprint density at radius 2 is 1.95 bits per heavy atom. The molecule has 102 valence electrons. The van der Waals surface area contributed by atoms with Gasteiger partial charge in [-0.3, -0.25) is 4.79 Å². The van der Waals surface area contributed by atoms with E-state index in [0.29, 0.717) is 6.54 Å². The predicted octanol–water partition coefficient (Wildman–Crippen LogP) is 3.65. The van der Waals surface area contributed by atoms with Crippen molar-refractivity contribution in [2.24, 2.45) is 5.92 Å². The van der Waals surface area contributed by atoms with E-state index in [1.54, 1.807) is 0 Å². The van der Waals surface area contributed by atoms with E-state index < -0.39 is 0 Å². The number of fused-ring (bicyclic) bond motifs is 1. The Balaban J connectivity index is 2.36. The lowest BCUT2D eigenvalue weighted by Crippen LogP contribution is -2.14. The Hall–Kier alpha value is -1.77. The van der Waals surface area contributed by atoms with Gasteiger partial charge in [-0.2, -0.15) is 0 Å². The maximum absolute atomic E-state index is 11.9. The average Bonchev–Trinajstić information content (AvgIpc) is 2.73. The molecule has 0 amide bonds. The summed E-state index contributed by atoms with van der Waals surface area (Å²) in [5, 5.41) is 1.06. The van der Waals surface area contributed by atoms with E-state index in [4.69, 9.17) is 4.74 Å². The molecule has 0 spiro atoms. The van der Waals surface area contributed by atoms with Gasteiger partial charge >= 0.3 is 0 Å². The first-order valence-electron chi connectivity index (χ1n) is 6.76. The van der Waals surface area contributed by atoms with Crippen LogP contribution in [-0.4, -0.2) is 16.5 Å². The molecule has 3 nitrogen and oxygen atoms in total. The van der Waals surface area contributed by atoms with Gasteiger partial charge < -0.3 is 9.30 Å². The number of aromatic nitrogens is 1. The molecule has 0 saturated carbocycles. The molecule has 19 heavy (non-hydrogen) atoms. The summed E-state index contributed by atoms with van der Waals surface area (Å²) in [6.45, 7) is 8.31. The number of Topliss-reactive ketones (excluding diaryl/α,β-unsaturated/α-hetero) is 1. The van der Waals surface area contributed by atoms with Crippen LogP contribution in [0.25, 0.3) is 10.9 Å². The van der Waals surface area contributed by atoms with Crippen LogP contribution >= 0.6 is 0 Å². The number of carbonyl (C=O) groups is 1. The van der Waals surface area contributed by atoms with Crippen LogP contribution in [0, 0.1) is 5.92 Å². The van der Waals surface area contributed by atoms with Crippen LogP contribution in [-0.2, 0) is 11.3 Å². The molecule has 0 saturated heterocycles. The molecule has 1 heterocycles. The number of hydrogen-bond donors (Lipinski definition) is 0. The molecule has 0 bridgehead atoms. The third-order valence-electron chi connectivity index (χ3n) is 3.11. The second-order valence-electron chi connectivity index (χ2n) is 5.42. The van der Waals surface area contributed by atoms with Crippen LogP contribution in [0.4, 0.5) is 0 Å². The largest absolute Gasteiger partial charge is 0.490 e. The van der Waals surface area contributed by atoms with Gasteiger partial charge in [-0.05, 0) is 32.0 Å². The lowest BCUT2D eigenvalue weighted by molar-refractivity contribution is -0.122. The second kappa shape index (κ2) is 5.47. The summed E-state index contributed by atoms with van der Waals surface area (Å²) in [5.41, 5.74) is 1.05. The summed E-state index contributed by atoms with van der Waals surface area (Å²) in [4.78, 5) is 11.9. The second-order valence-corrected chi connectivity index (χ2v) is 5.42. The van der Waals surface area contributed by atoms with Crippen LogP contribution in [0.3, 0.4) is 0 Å². The van der Waals surface area contributed by atoms with Gasteiger partial charge in [-0.15, -0.1) is 0 Å². The predicted molar refractivity (Wildman–Crippen MR) is 77.5 cm³/mol. The van der Waals surface area contributed by atoms with Gasteiger partial charge in [0.05, 0.1) is 18.2 Å². The van der Waals surface area contributed by atoms with E-state index in [1.165, 1.54) is 0 Å². The fraction of sp³-hybridized carbons (Fsp3) is 0.438. The zero-order valence-electron chi connectivity index (χ0n) is 12.0. The summed E-state index contributed by atoms with van der Waals surface area (Å²) in [5.74, 6) is 1.18. The molecular formula is C16H21NO2. The number of rotatable bonds is 5. The number of nitrogens with zero attached hydrogens (tertiary/aromatic N) is 1. The number of ketones is 1. The maximum atomic E-state index is 11.9. The first-order valence-corrected chi connectivity index (χ1v) is 6.76. The minimum absolute atomic E-state index is 0.0625. The minimum Gasteiger partial charge on any atom is -0.490 e. The normalized spacial score (nSPS) is 11.5. The van der Waals surface area contributed by atoms with E-state index in [0.717, 1.165) is 16.7 Å². The Bertz CT molecular complexity index is 581. The molecular weight excluding hydrogens is 238 g/mol. The molecule has 0 fully saturated rings. The highest BCUT2D eigenvalue weighted by atomic mass is 16.5. The molecule has 0 aliphatic heterocycles. The highest BCUT2D eigenvalue weighted by Crippen LogP contribution is 2.27. The van der Waals surface area contributed by atoms with Crippen molar-refractivity contribution < 1.29 is 9.53 Å². The Kier molecular flexibility index (Phi) is 3.93. The van der Waals surface area contributed by atoms with Crippen LogP contribution in [0.1, 0.15) is 27.7 Å². The molecule has 0 aliphatic rings. The molecule has 3 heteroatoms. The summed E-state index contributed by atoms with van der Waals surface area (Å²) in [6, 6.07) is 7.98. The van der Waals surface area contributed by atoms with Crippen LogP contribution in [0.15, 0.2) is 30.5 Å². The van der Waals surface area contributed by atoms with Gasteiger partial charge in [0.25, 0.3) is 0 Å². The van der Waals surface area contributed by atoms with E-state index in [1.807, 2.05) is 62.7 Å². The zero-order chi connectivity index (χ0) is 14.0. The molecule has 0 N–H and O–H groups in total. The van der Waals surface area contributed by atoms with Crippen LogP contribution in [0.2, 0.25) is 0 Å². The van der Waals surface area contributed by atoms with E-state index in [-0.39, 0.29) is 17.8 Å². The van der Waals surface area contributed by atoms with E-state index >= 15 is 0 Å². The first-order chi connectivity index (χ1) is 8.99. The highest BCUT2D eigenvalue weighted by Gasteiger charge is 2.12. The minimum atomic E-state index is 0.0625. The number of hydrogen-bond acceptors (Lipinski definition) is 2. The Labute approximate surface area is 114 Å². The number of ether oxygens (including phenoxy) is 1. The molecule has 0 radical (unpaired) electrons. The number of benzene rings is 1. The topological polar surface area (TPSA) is 31.2 Å². The summed E-state index contributed by atoms with van der Waals surface area (Å²) in [7, 11) is 0. The van der Waals surface area contributed by atoms with Crippen LogP contribution in [0.5, 0.6) is 5.75 Å². The summed E-state index contributed by atoms with van der Waals surface area (Å²) in [6.07, 6.45) is 2.10. The molecule has 0 unspecified atom stereocenters. The average molecular weight is 259 g/mol. The standard InChI is InChI=1S/C16H21NO2/c1-11(2)15(18)10-17-9-8-13-14(17)6-5-7-16(13)19-12(3)4/h5-9,11-12H,10H2,1-4H3. The molecule has 2 aromatic rings. The van der Waals surface area contributed by atoms with Gasteiger partial charge in [-0.25, -0.2) is 0 Å². The van der Waals surface area contributed by atoms with Crippen molar-refractivity contribution in [1.29, 1.82) is 0 Å². The van der Waals surface area contributed by atoms with Gasteiger partial charge in [-0.1, -0.05) is 19.9 Å². The molecule has 0 aliphatic carbocycles. The van der Waals surface area contributed by atoms with Gasteiger partial charge in [0.1, 0.15) is 5.75 Å². The monoisotopic (exact) mass is 259 g/mol. The Morgan fingerprint density at radius 1 is 1.21 bits per heavy atom. The fourth-order valence-corrected chi connectivity index (χ4v) is 2.04. The van der Waals surface area contributed by atoms with Crippen molar-refractivity contribution in [3.63, 3.8) is 0 Å². The van der Waals surface area contributed by atoms with Crippen molar-refractivity contribution >= 4 is 16.7 Å². The molecule has 1 aromatic heterocycles. The quantitative estimate of drug-likeness (QED) is 0.820. The van der Waals surface area contributed by atoms with E-state index in [9.17, 15) is 4.79 Å². The molecule has 2 rings (SSSR count). The molecule has 0 atom stereocenters. The third kappa shape index (κ3) is 2.98. The van der Waals surface area contributed by atoms with Crippen molar-refractivity contribution in [3.8, 4) is 5.75 Å². The van der Waals surface area contributed by atoms with Gasteiger partial charge in [0, 0.05) is 17.5 Å². The zero-order valence-corrected chi connectivity index (χ0v) is 12.0. The lowest BCUT2D eigenvalue weighted by Gasteiger charge is -2.11. The number of carbonyl (C=O) groups excluding carboxylic acids is 1. The van der Waals surface area contributed by atoms with Crippen molar-refractivity contribution in [2.45, 2.75) is 40.3 Å². The summed E-state index contributed by atoms with van der Waals surface area (Å²) >= 11 is 0. The van der Waals surface area contributed by atoms with Crippen molar-refractivity contribution in [3.05, 3.63) is 30.5 Å². The maximum Gasteiger partial charge on any atom is 0.155 e. The smallest absolute Gasteiger partial charge is 0.155 e. The van der Waals surface area contributed by atoms with Crippen molar-refractivity contribution in [1.82, 2.24) is 4.57 Å².